The minimum atomic E-state index is -2.85. The zero-order valence-electron chi connectivity index (χ0n) is 14.4. The lowest BCUT2D eigenvalue weighted by atomic mass is 10.1. The smallest absolute Gasteiger partial charge is 0.251 e. The lowest BCUT2D eigenvalue weighted by Gasteiger charge is -2.26. The van der Waals surface area contributed by atoms with Crippen molar-refractivity contribution in [3.8, 4) is 0 Å². The molecule has 2 heterocycles. The van der Waals surface area contributed by atoms with Gasteiger partial charge in [-0.15, -0.1) is 0 Å². The monoisotopic (exact) mass is 366 g/mol. The standard InChI is InChI=1S/C18H26N2O4S/c21-18(19-13-17-3-1-2-10-24-17)16-6-4-15(5-7-16)14-20-8-11-25(22,23)12-9-20/h4-7,17H,1-3,8-14H2,(H,19,21)/t17-/m0/s1. The summed E-state index contributed by atoms with van der Waals surface area (Å²) in [5.41, 5.74) is 1.73. The molecule has 2 fully saturated rings. The van der Waals surface area contributed by atoms with Crippen molar-refractivity contribution in [2.24, 2.45) is 0 Å². The number of nitrogens with one attached hydrogen (secondary N) is 1. The van der Waals surface area contributed by atoms with E-state index in [0.29, 0.717) is 31.7 Å². The van der Waals surface area contributed by atoms with Crippen molar-refractivity contribution in [3.63, 3.8) is 0 Å². The Kier molecular flexibility index (Phi) is 6.09. The van der Waals surface area contributed by atoms with Gasteiger partial charge in [-0.05, 0) is 37.0 Å². The van der Waals surface area contributed by atoms with Crippen LogP contribution in [0, 0.1) is 0 Å². The van der Waals surface area contributed by atoms with Crippen LogP contribution in [0.25, 0.3) is 0 Å². The molecule has 0 bridgehead atoms. The van der Waals surface area contributed by atoms with Crippen LogP contribution in [0.5, 0.6) is 0 Å². The van der Waals surface area contributed by atoms with Gasteiger partial charge in [0.15, 0.2) is 9.84 Å². The number of rotatable bonds is 5. The molecule has 2 aliphatic rings. The molecule has 1 aromatic rings. The van der Waals surface area contributed by atoms with Gasteiger partial charge in [-0.1, -0.05) is 12.1 Å². The molecule has 0 radical (unpaired) electrons. The molecule has 3 rings (SSSR count). The summed E-state index contributed by atoms with van der Waals surface area (Å²) >= 11 is 0. The summed E-state index contributed by atoms with van der Waals surface area (Å²) in [4.78, 5) is 14.4. The molecule has 2 saturated heterocycles. The summed E-state index contributed by atoms with van der Waals surface area (Å²) in [5.74, 6) is 0.387. The Morgan fingerprint density at radius 3 is 2.52 bits per heavy atom. The number of benzene rings is 1. The van der Waals surface area contributed by atoms with E-state index in [1.54, 1.807) is 0 Å². The third-order valence-corrected chi connectivity index (χ3v) is 6.43. The first-order chi connectivity index (χ1) is 12.0. The zero-order valence-corrected chi connectivity index (χ0v) is 15.3. The molecule has 1 amide bonds. The average Bonchev–Trinajstić information content (AvgIpc) is 2.63. The molecule has 1 atom stereocenters. The van der Waals surface area contributed by atoms with Crippen LogP contribution < -0.4 is 5.32 Å². The fraction of sp³-hybridized carbons (Fsp3) is 0.611. The molecular formula is C18H26N2O4S. The topological polar surface area (TPSA) is 75.7 Å². The van der Waals surface area contributed by atoms with E-state index >= 15 is 0 Å². The molecular weight excluding hydrogens is 340 g/mol. The highest BCUT2D eigenvalue weighted by Gasteiger charge is 2.21. The Labute approximate surface area is 149 Å². The van der Waals surface area contributed by atoms with E-state index in [1.165, 1.54) is 0 Å². The number of amides is 1. The van der Waals surface area contributed by atoms with Gasteiger partial charge in [-0.2, -0.15) is 0 Å². The first-order valence-corrected chi connectivity index (χ1v) is 10.8. The largest absolute Gasteiger partial charge is 0.376 e. The van der Waals surface area contributed by atoms with Gasteiger partial charge in [-0.25, -0.2) is 8.42 Å². The number of sulfone groups is 1. The molecule has 0 aliphatic carbocycles. The number of carbonyl (C=O) groups is 1. The number of hydrogen-bond acceptors (Lipinski definition) is 5. The fourth-order valence-corrected chi connectivity index (χ4v) is 4.48. The van der Waals surface area contributed by atoms with Crippen LogP contribution in [0.3, 0.4) is 0 Å². The summed E-state index contributed by atoms with van der Waals surface area (Å²) in [7, 11) is -2.85. The van der Waals surface area contributed by atoms with Crippen LogP contribution in [0.1, 0.15) is 35.2 Å². The third-order valence-electron chi connectivity index (χ3n) is 4.82. The quantitative estimate of drug-likeness (QED) is 0.848. The fourth-order valence-electron chi connectivity index (χ4n) is 3.21. The minimum absolute atomic E-state index is 0.0789. The van der Waals surface area contributed by atoms with E-state index in [4.69, 9.17) is 4.74 Å². The molecule has 25 heavy (non-hydrogen) atoms. The number of carbonyl (C=O) groups excluding carboxylic acids is 1. The second-order valence-corrected chi connectivity index (χ2v) is 9.13. The van der Waals surface area contributed by atoms with Crippen LogP contribution in [0.2, 0.25) is 0 Å². The predicted molar refractivity (Wildman–Crippen MR) is 96.3 cm³/mol. The van der Waals surface area contributed by atoms with E-state index in [0.717, 1.165) is 31.4 Å². The SMILES string of the molecule is O=C(NC[C@@H]1CCCCO1)c1ccc(CN2CCS(=O)(=O)CC2)cc1. The molecule has 2 aliphatic heterocycles. The van der Waals surface area contributed by atoms with Crippen molar-refractivity contribution in [3.05, 3.63) is 35.4 Å². The van der Waals surface area contributed by atoms with Crippen molar-refractivity contribution in [2.75, 3.05) is 37.7 Å². The Hall–Kier alpha value is -1.44. The van der Waals surface area contributed by atoms with Crippen molar-refractivity contribution in [2.45, 2.75) is 31.9 Å². The van der Waals surface area contributed by atoms with Crippen molar-refractivity contribution < 1.29 is 17.9 Å². The highest BCUT2D eigenvalue weighted by Crippen LogP contribution is 2.13. The van der Waals surface area contributed by atoms with Gasteiger partial charge in [0, 0.05) is 38.3 Å². The predicted octanol–water partition coefficient (Wildman–Crippen LogP) is 1.22. The molecule has 0 spiro atoms. The van der Waals surface area contributed by atoms with Gasteiger partial charge < -0.3 is 10.1 Å². The van der Waals surface area contributed by atoms with Gasteiger partial charge in [0.1, 0.15) is 0 Å². The maximum atomic E-state index is 12.2. The second-order valence-electron chi connectivity index (χ2n) is 6.82. The molecule has 138 valence electrons. The Morgan fingerprint density at radius 2 is 1.88 bits per heavy atom. The zero-order chi connectivity index (χ0) is 17.7. The molecule has 1 aromatic carbocycles. The van der Waals surface area contributed by atoms with E-state index in [2.05, 4.69) is 10.2 Å². The van der Waals surface area contributed by atoms with Crippen LogP contribution in [-0.4, -0.2) is 63.1 Å². The first kappa shape index (κ1) is 18.4. The summed E-state index contributed by atoms with van der Waals surface area (Å²) in [5, 5.41) is 2.94. The molecule has 0 unspecified atom stereocenters. The van der Waals surface area contributed by atoms with Gasteiger partial charge in [-0.3, -0.25) is 9.69 Å². The maximum absolute atomic E-state index is 12.2. The second kappa shape index (κ2) is 8.29. The highest BCUT2D eigenvalue weighted by molar-refractivity contribution is 7.91. The van der Waals surface area contributed by atoms with Gasteiger partial charge >= 0.3 is 0 Å². The van der Waals surface area contributed by atoms with E-state index < -0.39 is 9.84 Å². The van der Waals surface area contributed by atoms with E-state index in [-0.39, 0.29) is 23.5 Å². The molecule has 0 aromatic heterocycles. The van der Waals surface area contributed by atoms with Gasteiger partial charge in [0.05, 0.1) is 17.6 Å². The molecule has 0 saturated carbocycles. The van der Waals surface area contributed by atoms with Crippen LogP contribution in [-0.2, 0) is 21.1 Å². The highest BCUT2D eigenvalue weighted by atomic mass is 32.2. The van der Waals surface area contributed by atoms with E-state index in [9.17, 15) is 13.2 Å². The summed E-state index contributed by atoms with van der Waals surface area (Å²) < 4.78 is 28.5. The summed E-state index contributed by atoms with van der Waals surface area (Å²) in [6, 6.07) is 7.53. The minimum Gasteiger partial charge on any atom is -0.376 e. The van der Waals surface area contributed by atoms with Crippen molar-refractivity contribution in [1.82, 2.24) is 10.2 Å². The number of ether oxygens (including phenoxy) is 1. The number of nitrogens with zero attached hydrogens (tertiary/aromatic N) is 1. The summed E-state index contributed by atoms with van der Waals surface area (Å²) in [6.45, 7) is 3.21. The normalized spacial score (nSPS) is 23.9. The molecule has 7 heteroatoms. The van der Waals surface area contributed by atoms with Crippen LogP contribution in [0.4, 0.5) is 0 Å². The first-order valence-electron chi connectivity index (χ1n) is 8.93. The third kappa shape index (κ3) is 5.52. The lowest BCUT2D eigenvalue weighted by Crippen LogP contribution is -2.39. The average molecular weight is 366 g/mol. The Balaban J connectivity index is 1.47. The van der Waals surface area contributed by atoms with E-state index in [1.807, 2.05) is 24.3 Å². The molecule has 1 N–H and O–H groups in total. The molecule has 6 nitrogen and oxygen atoms in total. The van der Waals surface area contributed by atoms with Gasteiger partial charge in [0.25, 0.3) is 5.91 Å². The van der Waals surface area contributed by atoms with Crippen molar-refractivity contribution >= 4 is 15.7 Å². The van der Waals surface area contributed by atoms with Crippen LogP contribution in [0.15, 0.2) is 24.3 Å². The Morgan fingerprint density at radius 1 is 1.16 bits per heavy atom. The maximum Gasteiger partial charge on any atom is 0.251 e. The van der Waals surface area contributed by atoms with Crippen LogP contribution >= 0.6 is 0 Å². The Bertz CT molecular complexity index is 668. The van der Waals surface area contributed by atoms with Gasteiger partial charge in [0.2, 0.25) is 0 Å². The summed E-state index contributed by atoms with van der Waals surface area (Å²) in [6.07, 6.45) is 3.40. The van der Waals surface area contributed by atoms with Crippen molar-refractivity contribution in [1.29, 1.82) is 0 Å². The number of hydrogen-bond donors (Lipinski definition) is 1. The lowest BCUT2D eigenvalue weighted by molar-refractivity contribution is 0.0169.